The molecule has 0 saturated heterocycles. The molecule has 0 fully saturated rings. The molecule has 18 heavy (non-hydrogen) atoms. The van der Waals surface area contributed by atoms with Crippen LogP contribution in [0.3, 0.4) is 0 Å². The first-order chi connectivity index (χ1) is 8.30. The average Bonchev–Trinajstić information content (AvgIpc) is 2.25. The first-order valence-electron chi connectivity index (χ1n) is 5.54. The molecular weight excluding hydrogens is 234 g/mol. The van der Waals surface area contributed by atoms with Crippen LogP contribution in [-0.2, 0) is 4.74 Å². The second kappa shape index (κ2) is 5.16. The van der Waals surface area contributed by atoms with Gasteiger partial charge in [0.2, 0.25) is 0 Å². The van der Waals surface area contributed by atoms with Gasteiger partial charge in [0.05, 0.1) is 19.9 Å². The molecule has 5 heteroatoms. The molecule has 1 rings (SSSR count). The van der Waals surface area contributed by atoms with Gasteiger partial charge in [-0.25, -0.2) is 4.79 Å². The van der Waals surface area contributed by atoms with Gasteiger partial charge in [-0.15, -0.1) is 0 Å². The summed E-state index contributed by atoms with van der Waals surface area (Å²) in [7, 11) is 2.95. The number of hydrogen-bond donors (Lipinski definition) is 1. The predicted octanol–water partition coefficient (Wildman–Crippen LogP) is 2.24. The molecule has 0 aliphatic rings. The van der Waals surface area contributed by atoms with Gasteiger partial charge in [0.25, 0.3) is 0 Å². The molecule has 1 aromatic rings. The third-order valence-electron chi connectivity index (χ3n) is 2.21. The summed E-state index contributed by atoms with van der Waals surface area (Å²) in [6.07, 6.45) is 0. The fourth-order valence-corrected chi connectivity index (χ4v) is 1.47. The Morgan fingerprint density at radius 2 is 1.61 bits per heavy atom. The lowest BCUT2D eigenvalue weighted by Crippen LogP contribution is -2.25. The van der Waals surface area contributed by atoms with Crippen LogP contribution >= 0.6 is 0 Å². The molecule has 100 valence electrons. The van der Waals surface area contributed by atoms with Crippen LogP contribution in [0.5, 0.6) is 11.5 Å². The molecule has 0 heterocycles. The first-order valence-corrected chi connectivity index (χ1v) is 5.54. The van der Waals surface area contributed by atoms with Crippen molar-refractivity contribution in [2.45, 2.75) is 26.4 Å². The molecule has 5 nitrogen and oxygen atoms in total. The van der Waals surface area contributed by atoms with E-state index >= 15 is 0 Å². The van der Waals surface area contributed by atoms with E-state index in [2.05, 4.69) is 0 Å². The number of nitrogen functional groups attached to an aromatic ring is 1. The summed E-state index contributed by atoms with van der Waals surface area (Å²) in [6, 6.07) is 3.26. The minimum Gasteiger partial charge on any atom is -0.496 e. The maximum atomic E-state index is 12.1. The molecular formula is C13H19NO4. The third kappa shape index (κ3) is 3.06. The van der Waals surface area contributed by atoms with Gasteiger partial charge in [-0.2, -0.15) is 0 Å². The lowest BCUT2D eigenvalue weighted by atomic mass is 10.1. The summed E-state index contributed by atoms with van der Waals surface area (Å²) in [5.41, 5.74) is 5.69. The van der Waals surface area contributed by atoms with Crippen molar-refractivity contribution in [3.8, 4) is 11.5 Å². The number of methoxy groups -OCH3 is 2. The predicted molar refractivity (Wildman–Crippen MR) is 69.1 cm³/mol. The molecule has 0 atom stereocenters. The van der Waals surface area contributed by atoms with E-state index in [0.717, 1.165) is 0 Å². The van der Waals surface area contributed by atoms with Gasteiger partial charge < -0.3 is 19.9 Å². The Bertz CT molecular complexity index is 449. The number of anilines is 1. The maximum Gasteiger partial charge on any atom is 0.344 e. The molecule has 0 unspecified atom stereocenters. The van der Waals surface area contributed by atoms with E-state index < -0.39 is 11.6 Å². The topological polar surface area (TPSA) is 70.8 Å². The number of esters is 1. The van der Waals surface area contributed by atoms with Gasteiger partial charge in [-0.3, -0.25) is 0 Å². The molecule has 0 bridgehead atoms. The number of hydrogen-bond acceptors (Lipinski definition) is 5. The highest BCUT2D eigenvalue weighted by Gasteiger charge is 2.25. The van der Waals surface area contributed by atoms with Gasteiger partial charge in [0.15, 0.2) is 0 Å². The number of ether oxygens (including phenoxy) is 3. The van der Waals surface area contributed by atoms with Gasteiger partial charge in [-0.1, -0.05) is 0 Å². The van der Waals surface area contributed by atoms with Crippen LogP contribution in [0, 0.1) is 0 Å². The zero-order valence-corrected chi connectivity index (χ0v) is 11.4. The van der Waals surface area contributed by atoms with Crippen LogP contribution < -0.4 is 15.2 Å². The zero-order valence-electron chi connectivity index (χ0n) is 11.4. The second-order valence-corrected chi connectivity index (χ2v) is 4.76. The Labute approximate surface area is 107 Å². The molecule has 2 N–H and O–H groups in total. The Morgan fingerprint density at radius 3 is 2.06 bits per heavy atom. The van der Waals surface area contributed by atoms with Crippen molar-refractivity contribution in [2.24, 2.45) is 0 Å². The van der Waals surface area contributed by atoms with Crippen molar-refractivity contribution in [1.82, 2.24) is 0 Å². The number of benzene rings is 1. The maximum absolute atomic E-state index is 12.1. The molecule has 0 amide bonds. The van der Waals surface area contributed by atoms with E-state index in [1.165, 1.54) is 14.2 Å². The highest BCUT2D eigenvalue weighted by Crippen LogP contribution is 2.34. The van der Waals surface area contributed by atoms with Crippen molar-refractivity contribution < 1.29 is 19.0 Å². The monoisotopic (exact) mass is 253 g/mol. The molecule has 0 saturated carbocycles. The van der Waals surface area contributed by atoms with E-state index in [1.54, 1.807) is 32.9 Å². The Balaban J connectivity index is 3.24. The highest BCUT2D eigenvalue weighted by atomic mass is 16.6. The Hall–Kier alpha value is -1.91. The van der Waals surface area contributed by atoms with Gasteiger partial charge in [0.1, 0.15) is 22.7 Å². The lowest BCUT2D eigenvalue weighted by molar-refractivity contribution is 0.00676. The fourth-order valence-electron chi connectivity index (χ4n) is 1.47. The second-order valence-electron chi connectivity index (χ2n) is 4.76. The standard InChI is InChI=1S/C13H19NO4/c1-13(2,3)18-12(15)10-8(16-4)6-7-9(17-5)11(10)14/h6-7H,14H2,1-5H3. The van der Waals surface area contributed by atoms with Crippen molar-refractivity contribution in [3.63, 3.8) is 0 Å². The summed E-state index contributed by atoms with van der Waals surface area (Å²) in [4.78, 5) is 12.1. The van der Waals surface area contributed by atoms with Crippen molar-refractivity contribution in [3.05, 3.63) is 17.7 Å². The lowest BCUT2D eigenvalue weighted by Gasteiger charge is -2.21. The minimum atomic E-state index is -0.600. The van der Waals surface area contributed by atoms with Crippen LogP contribution in [-0.4, -0.2) is 25.8 Å². The van der Waals surface area contributed by atoms with E-state index in [1.807, 2.05) is 0 Å². The Kier molecular flexibility index (Phi) is 4.06. The fraction of sp³-hybridized carbons (Fsp3) is 0.462. The van der Waals surface area contributed by atoms with Crippen LogP contribution in [0.1, 0.15) is 31.1 Å². The molecule has 0 aliphatic heterocycles. The van der Waals surface area contributed by atoms with E-state index in [0.29, 0.717) is 11.5 Å². The summed E-state index contributed by atoms with van der Waals surface area (Å²) in [5, 5.41) is 0. The van der Waals surface area contributed by atoms with Crippen LogP contribution in [0.4, 0.5) is 5.69 Å². The van der Waals surface area contributed by atoms with E-state index in [4.69, 9.17) is 19.9 Å². The minimum absolute atomic E-state index is 0.187. The number of carbonyl (C=O) groups excluding carboxylic acids is 1. The summed E-state index contributed by atoms with van der Waals surface area (Å²) < 4.78 is 15.5. The van der Waals surface area contributed by atoms with Crippen LogP contribution in [0.15, 0.2) is 12.1 Å². The first kappa shape index (κ1) is 14.2. The van der Waals surface area contributed by atoms with Gasteiger partial charge in [0, 0.05) is 0 Å². The highest BCUT2D eigenvalue weighted by molar-refractivity contribution is 5.99. The van der Waals surface area contributed by atoms with Gasteiger partial charge >= 0.3 is 5.97 Å². The molecule has 0 aliphatic carbocycles. The molecule has 0 radical (unpaired) electrons. The third-order valence-corrected chi connectivity index (χ3v) is 2.21. The largest absolute Gasteiger partial charge is 0.496 e. The number of nitrogens with two attached hydrogens (primary N) is 1. The SMILES string of the molecule is COc1ccc(OC)c(C(=O)OC(C)(C)C)c1N. The molecule has 0 aromatic heterocycles. The van der Waals surface area contributed by atoms with E-state index in [-0.39, 0.29) is 11.3 Å². The normalized spacial score (nSPS) is 10.9. The van der Waals surface area contributed by atoms with E-state index in [9.17, 15) is 4.79 Å². The smallest absolute Gasteiger partial charge is 0.344 e. The number of rotatable bonds is 3. The zero-order chi connectivity index (χ0) is 13.9. The average molecular weight is 253 g/mol. The Morgan fingerprint density at radius 1 is 1.11 bits per heavy atom. The van der Waals surface area contributed by atoms with Crippen LogP contribution in [0.2, 0.25) is 0 Å². The van der Waals surface area contributed by atoms with Crippen LogP contribution in [0.25, 0.3) is 0 Å². The number of carbonyl (C=O) groups is 1. The van der Waals surface area contributed by atoms with Gasteiger partial charge in [-0.05, 0) is 32.9 Å². The summed E-state index contributed by atoms with van der Waals surface area (Å²) >= 11 is 0. The molecule has 1 aromatic carbocycles. The molecule has 0 spiro atoms. The summed E-state index contributed by atoms with van der Waals surface area (Å²) in [6.45, 7) is 5.36. The van der Waals surface area contributed by atoms with Crippen molar-refractivity contribution in [2.75, 3.05) is 20.0 Å². The quantitative estimate of drug-likeness (QED) is 0.660. The van der Waals surface area contributed by atoms with Crippen molar-refractivity contribution in [1.29, 1.82) is 0 Å². The summed E-state index contributed by atoms with van der Waals surface area (Å²) in [5.74, 6) is 0.245. The van der Waals surface area contributed by atoms with Crippen molar-refractivity contribution >= 4 is 11.7 Å².